The van der Waals surface area contributed by atoms with Gasteiger partial charge in [-0.15, -0.1) is 11.3 Å². The summed E-state index contributed by atoms with van der Waals surface area (Å²) < 4.78 is 18.2. The fourth-order valence-electron chi connectivity index (χ4n) is 3.21. The zero-order valence-electron chi connectivity index (χ0n) is 15.6. The molecule has 0 aliphatic heterocycles. The van der Waals surface area contributed by atoms with Crippen LogP contribution >= 0.6 is 11.3 Å². The molecule has 3 amide bonds. The first-order chi connectivity index (χ1) is 13.4. The summed E-state index contributed by atoms with van der Waals surface area (Å²) in [6, 6.07) is 5.32. The predicted octanol–water partition coefficient (Wildman–Crippen LogP) is 4.15. The molecule has 148 valence electrons. The van der Waals surface area contributed by atoms with Gasteiger partial charge in [-0.3, -0.25) is 14.9 Å². The third kappa shape index (κ3) is 4.39. The molecule has 0 bridgehead atoms. The van der Waals surface area contributed by atoms with Gasteiger partial charge in [0.15, 0.2) is 0 Å². The van der Waals surface area contributed by atoms with Crippen molar-refractivity contribution < 1.29 is 23.5 Å². The number of ether oxygens (including phenoxy) is 1. The lowest BCUT2D eigenvalue weighted by Crippen LogP contribution is -2.32. The van der Waals surface area contributed by atoms with Crippen LogP contribution in [0.1, 0.15) is 51.4 Å². The monoisotopic (exact) mass is 404 g/mol. The van der Waals surface area contributed by atoms with Crippen molar-refractivity contribution in [3.63, 3.8) is 0 Å². The van der Waals surface area contributed by atoms with E-state index in [1.165, 1.54) is 29.5 Å². The third-order valence-electron chi connectivity index (χ3n) is 4.54. The second kappa shape index (κ2) is 8.52. The number of amides is 3. The van der Waals surface area contributed by atoms with Gasteiger partial charge in [-0.2, -0.15) is 0 Å². The van der Waals surface area contributed by atoms with Crippen LogP contribution in [-0.2, 0) is 17.6 Å². The van der Waals surface area contributed by atoms with Gasteiger partial charge in [0.1, 0.15) is 10.8 Å². The number of imide groups is 1. The summed E-state index contributed by atoms with van der Waals surface area (Å²) in [7, 11) is 0. The highest BCUT2D eigenvalue weighted by Crippen LogP contribution is 2.39. The second-order valence-electron chi connectivity index (χ2n) is 6.69. The summed E-state index contributed by atoms with van der Waals surface area (Å²) >= 11 is 1.32. The molecule has 0 unspecified atom stereocenters. The van der Waals surface area contributed by atoms with Crippen molar-refractivity contribution in [3.8, 4) is 0 Å². The second-order valence-corrected chi connectivity index (χ2v) is 7.80. The molecule has 2 aromatic rings. The number of fused-ring (bicyclic) bond motifs is 1. The van der Waals surface area contributed by atoms with Crippen LogP contribution in [0.5, 0.6) is 0 Å². The molecule has 0 fully saturated rings. The van der Waals surface area contributed by atoms with Crippen LogP contribution in [0, 0.1) is 11.7 Å². The van der Waals surface area contributed by atoms with Gasteiger partial charge >= 0.3 is 6.09 Å². The van der Waals surface area contributed by atoms with Gasteiger partial charge in [0.25, 0.3) is 11.8 Å². The van der Waals surface area contributed by atoms with Crippen LogP contribution in [0.15, 0.2) is 24.3 Å². The normalized spacial score (nSPS) is 15.5. The summed E-state index contributed by atoms with van der Waals surface area (Å²) in [6.07, 6.45) is 1.57. The molecule has 1 aliphatic rings. The maximum atomic E-state index is 13.4. The van der Waals surface area contributed by atoms with Gasteiger partial charge in [0.2, 0.25) is 0 Å². The standard InChI is InChI=1S/C20H21FN2O4S/c1-3-27-20(26)23-18(25)16-14-8-7-11(2)9-15(14)28-19(16)22-17(24)12-5-4-6-13(21)10-12/h4-6,10-11H,3,7-9H2,1-2H3,(H,22,24)(H,23,25,26)/t11-/m0/s1. The number of carbonyl (C=O) groups is 3. The maximum absolute atomic E-state index is 13.4. The van der Waals surface area contributed by atoms with Crippen LogP contribution < -0.4 is 10.6 Å². The van der Waals surface area contributed by atoms with Gasteiger partial charge in [-0.1, -0.05) is 13.0 Å². The molecule has 1 atom stereocenters. The van der Waals surface area contributed by atoms with Crippen LogP contribution in [-0.4, -0.2) is 24.5 Å². The highest BCUT2D eigenvalue weighted by atomic mass is 32.1. The molecule has 1 aromatic heterocycles. The van der Waals surface area contributed by atoms with Crippen molar-refractivity contribution in [1.29, 1.82) is 0 Å². The van der Waals surface area contributed by atoms with Gasteiger partial charge in [0.05, 0.1) is 12.2 Å². The topological polar surface area (TPSA) is 84.5 Å². The van der Waals surface area contributed by atoms with E-state index in [9.17, 15) is 18.8 Å². The largest absolute Gasteiger partial charge is 0.450 e. The molecule has 0 radical (unpaired) electrons. The lowest BCUT2D eigenvalue weighted by Gasteiger charge is -2.18. The van der Waals surface area contributed by atoms with E-state index in [1.807, 2.05) is 0 Å². The van der Waals surface area contributed by atoms with E-state index in [2.05, 4.69) is 17.6 Å². The van der Waals surface area contributed by atoms with Gasteiger partial charge in [-0.25, -0.2) is 9.18 Å². The number of hydrogen-bond acceptors (Lipinski definition) is 5. The molecule has 1 heterocycles. The number of hydrogen-bond donors (Lipinski definition) is 2. The van der Waals surface area contributed by atoms with Crippen LogP contribution in [0.2, 0.25) is 0 Å². The molecule has 0 saturated heterocycles. The molecule has 0 spiro atoms. The number of alkyl carbamates (subject to hydrolysis) is 1. The number of thiophene rings is 1. The molecular weight excluding hydrogens is 383 g/mol. The molecule has 28 heavy (non-hydrogen) atoms. The Morgan fingerprint density at radius 3 is 2.79 bits per heavy atom. The first-order valence-corrected chi connectivity index (χ1v) is 9.90. The number of rotatable bonds is 4. The van der Waals surface area contributed by atoms with Crippen molar-refractivity contribution in [2.75, 3.05) is 11.9 Å². The fraction of sp³-hybridized carbons (Fsp3) is 0.350. The van der Waals surface area contributed by atoms with Crippen molar-refractivity contribution in [2.24, 2.45) is 5.92 Å². The van der Waals surface area contributed by atoms with Crippen LogP contribution in [0.3, 0.4) is 0 Å². The average Bonchev–Trinajstić information content (AvgIpc) is 2.98. The lowest BCUT2D eigenvalue weighted by atomic mass is 9.88. The molecule has 2 N–H and O–H groups in total. The first-order valence-electron chi connectivity index (χ1n) is 9.08. The highest BCUT2D eigenvalue weighted by molar-refractivity contribution is 7.17. The first kappa shape index (κ1) is 20.0. The molecule has 6 nitrogen and oxygen atoms in total. The summed E-state index contributed by atoms with van der Waals surface area (Å²) in [5.74, 6) is -1.18. The van der Waals surface area contributed by atoms with E-state index in [0.717, 1.165) is 29.3 Å². The summed E-state index contributed by atoms with van der Waals surface area (Å²) in [5.41, 5.74) is 1.28. The van der Waals surface area contributed by atoms with Crippen molar-refractivity contribution >= 4 is 34.2 Å². The molecule has 0 saturated carbocycles. The van der Waals surface area contributed by atoms with Gasteiger partial charge in [-0.05, 0) is 55.9 Å². The molecule has 8 heteroatoms. The van der Waals surface area contributed by atoms with Crippen molar-refractivity contribution in [1.82, 2.24) is 5.32 Å². The molecular formula is C20H21FN2O4S. The number of nitrogens with one attached hydrogen (secondary N) is 2. The van der Waals surface area contributed by atoms with Crippen LogP contribution in [0.4, 0.5) is 14.2 Å². The van der Waals surface area contributed by atoms with Crippen molar-refractivity contribution in [2.45, 2.75) is 33.1 Å². The Kier molecular flexibility index (Phi) is 6.08. The molecule has 1 aliphatic carbocycles. The lowest BCUT2D eigenvalue weighted by molar-refractivity contribution is 0.0925. The zero-order valence-corrected chi connectivity index (χ0v) is 16.5. The highest BCUT2D eigenvalue weighted by Gasteiger charge is 2.29. The summed E-state index contributed by atoms with van der Waals surface area (Å²) in [6.45, 7) is 3.91. The number of anilines is 1. The molecule has 3 rings (SSSR count). The number of carbonyl (C=O) groups excluding carboxylic acids is 3. The summed E-state index contributed by atoms with van der Waals surface area (Å²) in [4.78, 5) is 38.0. The Labute approximate surface area is 166 Å². The predicted molar refractivity (Wildman–Crippen MR) is 104 cm³/mol. The maximum Gasteiger partial charge on any atom is 0.414 e. The quantitative estimate of drug-likeness (QED) is 0.802. The minimum Gasteiger partial charge on any atom is -0.450 e. The Hall–Kier alpha value is -2.74. The van der Waals surface area contributed by atoms with E-state index >= 15 is 0 Å². The Morgan fingerprint density at radius 1 is 1.29 bits per heavy atom. The van der Waals surface area contributed by atoms with E-state index in [1.54, 1.807) is 6.92 Å². The summed E-state index contributed by atoms with van der Waals surface area (Å²) in [5, 5.41) is 5.27. The third-order valence-corrected chi connectivity index (χ3v) is 5.71. The van der Waals surface area contributed by atoms with Crippen LogP contribution in [0.25, 0.3) is 0 Å². The zero-order chi connectivity index (χ0) is 20.3. The average molecular weight is 404 g/mol. The Morgan fingerprint density at radius 2 is 2.07 bits per heavy atom. The van der Waals surface area contributed by atoms with E-state index < -0.39 is 23.7 Å². The Bertz CT molecular complexity index is 925. The minimum atomic E-state index is -0.834. The van der Waals surface area contributed by atoms with E-state index in [4.69, 9.17) is 4.74 Å². The fourth-order valence-corrected chi connectivity index (χ4v) is 4.61. The number of benzene rings is 1. The molecule has 1 aromatic carbocycles. The number of halogens is 1. The Balaban J connectivity index is 1.92. The van der Waals surface area contributed by atoms with Gasteiger partial charge in [0, 0.05) is 10.4 Å². The van der Waals surface area contributed by atoms with E-state index in [0.29, 0.717) is 17.3 Å². The minimum absolute atomic E-state index is 0.140. The SMILES string of the molecule is CCOC(=O)NC(=O)c1c(NC(=O)c2cccc(F)c2)sc2c1CC[C@H](C)C2. The smallest absolute Gasteiger partial charge is 0.414 e. The van der Waals surface area contributed by atoms with Gasteiger partial charge < -0.3 is 10.1 Å². The van der Waals surface area contributed by atoms with E-state index in [-0.39, 0.29) is 17.7 Å². The van der Waals surface area contributed by atoms with Crippen molar-refractivity contribution in [3.05, 3.63) is 51.7 Å².